The molecule has 0 bridgehead atoms. The summed E-state index contributed by atoms with van der Waals surface area (Å²) >= 11 is 0.996. The van der Waals surface area contributed by atoms with Crippen LogP contribution < -0.4 is 10.6 Å². The fourth-order valence-electron chi connectivity index (χ4n) is 3.76. The SMILES string of the molecule is Cc1ccccc1Cn1c(=O)c(C2=NSc3cccc(O)c3N2O)c(O)c2cccnc21. The average Bonchev–Trinajstić information content (AvgIpc) is 2.79. The number of aryl methyl sites for hydroxylation is 1. The summed E-state index contributed by atoms with van der Waals surface area (Å²) in [6.07, 6.45) is 1.55. The Labute approximate surface area is 186 Å². The third-order valence-corrected chi connectivity index (χ3v) is 6.22. The minimum Gasteiger partial charge on any atom is -0.506 e. The lowest BCUT2D eigenvalue weighted by atomic mass is 10.1. The van der Waals surface area contributed by atoms with E-state index in [1.165, 1.54) is 10.6 Å². The van der Waals surface area contributed by atoms with Gasteiger partial charge >= 0.3 is 0 Å². The number of rotatable bonds is 3. The minimum atomic E-state index is -0.561. The van der Waals surface area contributed by atoms with Gasteiger partial charge in [-0.05, 0) is 42.3 Å². The topological polar surface area (TPSA) is 111 Å². The van der Waals surface area contributed by atoms with Gasteiger partial charge in [0.2, 0.25) is 0 Å². The monoisotopic (exact) mass is 446 g/mol. The Balaban J connectivity index is 1.75. The van der Waals surface area contributed by atoms with E-state index in [9.17, 15) is 20.2 Å². The molecule has 0 radical (unpaired) electrons. The first-order chi connectivity index (χ1) is 15.5. The highest BCUT2D eigenvalue weighted by Crippen LogP contribution is 2.42. The zero-order valence-electron chi connectivity index (χ0n) is 16.9. The Morgan fingerprint density at radius 1 is 1.03 bits per heavy atom. The maximum Gasteiger partial charge on any atom is 0.267 e. The predicted octanol–water partition coefficient (Wildman–Crippen LogP) is 3.83. The van der Waals surface area contributed by atoms with Crippen LogP contribution in [-0.2, 0) is 6.54 Å². The molecule has 2 aromatic carbocycles. The Morgan fingerprint density at radius 2 is 1.84 bits per heavy atom. The van der Waals surface area contributed by atoms with Gasteiger partial charge in [0.05, 0.1) is 16.8 Å². The summed E-state index contributed by atoms with van der Waals surface area (Å²) < 4.78 is 5.71. The van der Waals surface area contributed by atoms with Crippen LogP contribution in [0.25, 0.3) is 11.0 Å². The molecule has 160 valence electrons. The summed E-state index contributed by atoms with van der Waals surface area (Å²) in [4.78, 5) is 18.5. The first kappa shape index (κ1) is 20.1. The molecule has 32 heavy (non-hydrogen) atoms. The van der Waals surface area contributed by atoms with Crippen molar-refractivity contribution in [3.63, 3.8) is 0 Å². The summed E-state index contributed by atoms with van der Waals surface area (Å²) in [5.41, 5.74) is 1.60. The van der Waals surface area contributed by atoms with E-state index in [4.69, 9.17) is 0 Å². The number of para-hydroxylation sites is 1. The van der Waals surface area contributed by atoms with Crippen molar-refractivity contribution in [3.05, 3.63) is 87.8 Å². The van der Waals surface area contributed by atoms with E-state index < -0.39 is 5.56 Å². The van der Waals surface area contributed by atoms with Crippen LogP contribution in [-0.4, -0.2) is 30.8 Å². The highest BCUT2D eigenvalue weighted by molar-refractivity contribution is 7.98. The van der Waals surface area contributed by atoms with Gasteiger partial charge in [0.25, 0.3) is 5.56 Å². The van der Waals surface area contributed by atoms with Crippen molar-refractivity contribution in [1.82, 2.24) is 9.55 Å². The number of amidine groups is 1. The van der Waals surface area contributed by atoms with E-state index in [1.807, 2.05) is 31.2 Å². The summed E-state index contributed by atoms with van der Waals surface area (Å²) in [6.45, 7) is 2.17. The number of hydrogen-bond acceptors (Lipinski definition) is 8. The van der Waals surface area contributed by atoms with E-state index in [-0.39, 0.29) is 35.1 Å². The molecule has 0 atom stereocenters. The molecule has 0 unspecified atom stereocenters. The first-order valence-electron chi connectivity index (χ1n) is 9.78. The van der Waals surface area contributed by atoms with Gasteiger partial charge in [0.15, 0.2) is 5.84 Å². The van der Waals surface area contributed by atoms with E-state index in [0.29, 0.717) is 21.0 Å². The fourth-order valence-corrected chi connectivity index (χ4v) is 4.53. The number of hydrogen-bond donors (Lipinski definition) is 3. The predicted molar refractivity (Wildman–Crippen MR) is 123 cm³/mol. The van der Waals surface area contributed by atoms with Gasteiger partial charge in [-0.1, -0.05) is 30.3 Å². The number of benzene rings is 2. The van der Waals surface area contributed by atoms with Crippen molar-refractivity contribution in [2.24, 2.45) is 4.40 Å². The van der Waals surface area contributed by atoms with Gasteiger partial charge in [-0.25, -0.2) is 4.98 Å². The van der Waals surface area contributed by atoms with Crippen molar-refractivity contribution in [2.75, 3.05) is 5.06 Å². The molecular weight excluding hydrogens is 428 g/mol. The van der Waals surface area contributed by atoms with Crippen LogP contribution in [0.3, 0.4) is 0 Å². The maximum absolute atomic E-state index is 13.6. The van der Waals surface area contributed by atoms with Gasteiger partial charge in [-0.3, -0.25) is 14.6 Å². The second-order valence-electron chi connectivity index (χ2n) is 7.36. The molecule has 0 saturated heterocycles. The normalized spacial score (nSPS) is 13.2. The number of anilines is 1. The van der Waals surface area contributed by atoms with Gasteiger partial charge < -0.3 is 10.2 Å². The molecule has 1 aliphatic rings. The molecule has 0 amide bonds. The lowest BCUT2D eigenvalue weighted by Crippen LogP contribution is -2.37. The Kier molecular flexibility index (Phi) is 4.84. The van der Waals surface area contributed by atoms with Crippen molar-refractivity contribution < 1.29 is 15.4 Å². The van der Waals surface area contributed by atoms with Crippen molar-refractivity contribution in [2.45, 2.75) is 18.4 Å². The Bertz CT molecular complexity index is 1460. The average molecular weight is 446 g/mol. The number of pyridine rings is 2. The van der Waals surface area contributed by atoms with E-state index >= 15 is 0 Å². The molecule has 0 fully saturated rings. The molecule has 0 spiro atoms. The Morgan fingerprint density at radius 3 is 2.66 bits per heavy atom. The van der Waals surface area contributed by atoms with Crippen LogP contribution in [0, 0.1) is 6.92 Å². The summed E-state index contributed by atoms with van der Waals surface area (Å²) in [5, 5.41) is 33.1. The lowest BCUT2D eigenvalue weighted by Gasteiger charge is -2.26. The number of aromatic hydroxyl groups is 2. The standard InChI is InChI=1S/C23H18N4O4S/c1-13-6-2-3-7-14(13)12-26-21-15(8-5-11-24-21)20(29)18(23(26)30)22-25-32-17-10-4-9-16(28)19(17)27(22)31/h2-11,28-29,31H,12H2,1H3. The number of hydroxylamine groups is 1. The molecule has 3 N–H and O–H groups in total. The minimum absolute atomic E-state index is 0.0954. The van der Waals surface area contributed by atoms with E-state index in [2.05, 4.69) is 9.38 Å². The summed E-state index contributed by atoms with van der Waals surface area (Å²) in [7, 11) is 0. The van der Waals surface area contributed by atoms with Crippen LogP contribution in [0.15, 0.2) is 74.9 Å². The summed E-state index contributed by atoms with van der Waals surface area (Å²) in [6, 6.07) is 15.7. The molecule has 1 aliphatic heterocycles. The van der Waals surface area contributed by atoms with Gasteiger partial charge in [0, 0.05) is 18.1 Å². The Hall–Kier alpha value is -3.82. The van der Waals surface area contributed by atoms with Crippen molar-refractivity contribution in [3.8, 4) is 11.5 Å². The molecule has 0 saturated carbocycles. The fraction of sp³-hybridized carbons (Fsp3) is 0.0870. The van der Waals surface area contributed by atoms with Crippen molar-refractivity contribution >= 4 is 34.5 Å². The van der Waals surface area contributed by atoms with E-state index in [0.717, 1.165) is 23.1 Å². The zero-order valence-corrected chi connectivity index (χ0v) is 17.7. The number of aromatic nitrogens is 2. The number of phenols is 1. The maximum atomic E-state index is 13.6. The second-order valence-corrected chi connectivity index (χ2v) is 8.16. The highest BCUT2D eigenvalue weighted by atomic mass is 32.2. The zero-order chi connectivity index (χ0) is 22.4. The molecule has 3 heterocycles. The number of nitrogens with zero attached hydrogens (tertiary/aromatic N) is 4. The smallest absolute Gasteiger partial charge is 0.267 e. The molecular formula is C23H18N4O4S. The lowest BCUT2D eigenvalue weighted by molar-refractivity contribution is 0.304. The molecule has 8 nitrogen and oxygen atoms in total. The van der Waals surface area contributed by atoms with Crippen LogP contribution in [0.4, 0.5) is 5.69 Å². The van der Waals surface area contributed by atoms with Crippen LogP contribution in [0.1, 0.15) is 16.7 Å². The van der Waals surface area contributed by atoms with Crippen LogP contribution >= 0.6 is 11.9 Å². The third-order valence-electron chi connectivity index (χ3n) is 5.43. The van der Waals surface area contributed by atoms with Crippen LogP contribution in [0.2, 0.25) is 0 Å². The second kappa shape index (κ2) is 7.70. The molecule has 9 heteroatoms. The molecule has 0 aliphatic carbocycles. The van der Waals surface area contributed by atoms with Gasteiger partial charge in [-0.15, -0.1) is 0 Å². The quantitative estimate of drug-likeness (QED) is 0.410. The van der Waals surface area contributed by atoms with Crippen LogP contribution in [0.5, 0.6) is 11.5 Å². The number of fused-ring (bicyclic) bond motifs is 2. The van der Waals surface area contributed by atoms with E-state index in [1.54, 1.807) is 30.5 Å². The molecule has 5 rings (SSSR count). The molecule has 4 aromatic rings. The van der Waals surface area contributed by atoms with Crippen molar-refractivity contribution in [1.29, 1.82) is 0 Å². The van der Waals surface area contributed by atoms with Gasteiger partial charge in [-0.2, -0.15) is 9.46 Å². The largest absolute Gasteiger partial charge is 0.506 e. The number of phenolic OH excluding ortho intramolecular Hbond substituents is 1. The third kappa shape index (κ3) is 3.10. The highest BCUT2D eigenvalue weighted by Gasteiger charge is 2.31. The first-order valence-corrected chi connectivity index (χ1v) is 10.6. The summed E-state index contributed by atoms with van der Waals surface area (Å²) in [5.74, 6) is -0.681. The van der Waals surface area contributed by atoms with Gasteiger partial charge in [0.1, 0.15) is 28.4 Å². The molecule has 2 aromatic heterocycles.